The topological polar surface area (TPSA) is 46.9 Å². The van der Waals surface area contributed by atoms with Crippen molar-refractivity contribution in [3.8, 4) is 11.3 Å². The van der Waals surface area contributed by atoms with Crippen LogP contribution in [-0.2, 0) is 17.8 Å². The molecule has 28 heavy (non-hydrogen) atoms. The molecule has 1 amide bonds. The number of rotatable bonds is 6. The van der Waals surface area contributed by atoms with Gasteiger partial charge < -0.3 is 9.88 Å². The van der Waals surface area contributed by atoms with E-state index in [0.29, 0.717) is 0 Å². The van der Waals surface area contributed by atoms with Gasteiger partial charge in [0.2, 0.25) is 5.91 Å². The number of aryl methyl sites for hydroxylation is 2. The lowest BCUT2D eigenvalue weighted by Gasteiger charge is -2.28. The van der Waals surface area contributed by atoms with E-state index >= 15 is 0 Å². The first-order valence-corrected chi connectivity index (χ1v) is 11.2. The Balaban J connectivity index is 1.43. The number of aromatic nitrogens is 2. The van der Waals surface area contributed by atoms with Gasteiger partial charge in [0.05, 0.1) is 11.4 Å². The molecule has 0 unspecified atom stereocenters. The number of carbonyl (C=O) groups is 1. The van der Waals surface area contributed by atoms with Crippen LogP contribution in [0.4, 0.5) is 5.69 Å². The van der Waals surface area contributed by atoms with Crippen LogP contribution < -0.4 is 5.32 Å². The van der Waals surface area contributed by atoms with Crippen LogP contribution in [-0.4, -0.2) is 15.5 Å². The molecule has 0 spiro atoms. The molecule has 1 saturated carbocycles. The van der Waals surface area contributed by atoms with Gasteiger partial charge >= 0.3 is 0 Å². The van der Waals surface area contributed by atoms with Gasteiger partial charge in [-0.25, -0.2) is 4.98 Å². The lowest BCUT2D eigenvalue weighted by molar-refractivity contribution is -0.121. The highest BCUT2D eigenvalue weighted by Crippen LogP contribution is 2.34. The monoisotopic (exact) mass is 379 g/mol. The Hall–Kier alpha value is -2.10. The van der Waals surface area contributed by atoms with E-state index in [1.54, 1.807) is 0 Å². The number of benzene rings is 1. The van der Waals surface area contributed by atoms with E-state index in [-0.39, 0.29) is 11.8 Å². The van der Waals surface area contributed by atoms with Gasteiger partial charge in [-0.05, 0) is 50.5 Å². The Kier molecular flexibility index (Phi) is 6.13. The number of unbranched alkanes of at least 4 members (excludes halogenated alkanes) is 1. The number of hydrogen-bond donors (Lipinski definition) is 1. The normalized spacial score (nSPS) is 21.9. The molecular formula is C24H33N3O. The maximum Gasteiger partial charge on any atom is 0.227 e. The van der Waals surface area contributed by atoms with Crippen molar-refractivity contribution in [2.75, 3.05) is 5.32 Å². The lowest BCUT2D eigenvalue weighted by Crippen LogP contribution is -2.27. The maximum atomic E-state index is 12.9. The van der Waals surface area contributed by atoms with Gasteiger partial charge in [0.25, 0.3) is 0 Å². The van der Waals surface area contributed by atoms with E-state index in [9.17, 15) is 4.79 Å². The average molecular weight is 380 g/mol. The van der Waals surface area contributed by atoms with Crippen molar-refractivity contribution in [3.63, 3.8) is 0 Å². The minimum Gasteiger partial charge on any atom is -0.334 e. The quantitative estimate of drug-likeness (QED) is 0.687. The van der Waals surface area contributed by atoms with Crippen LogP contribution in [0.5, 0.6) is 0 Å². The van der Waals surface area contributed by atoms with Crippen molar-refractivity contribution in [2.45, 2.75) is 77.7 Å². The molecular weight excluding hydrogens is 346 g/mol. The van der Waals surface area contributed by atoms with Gasteiger partial charge in [0.15, 0.2) is 0 Å². The predicted octanol–water partition coefficient (Wildman–Crippen LogP) is 5.82. The summed E-state index contributed by atoms with van der Waals surface area (Å²) in [6, 6.07) is 8.11. The van der Waals surface area contributed by atoms with Crippen molar-refractivity contribution < 1.29 is 4.79 Å². The number of fused-ring (bicyclic) bond motifs is 1. The van der Waals surface area contributed by atoms with Crippen LogP contribution >= 0.6 is 0 Å². The zero-order chi connectivity index (χ0) is 19.3. The van der Waals surface area contributed by atoms with E-state index in [4.69, 9.17) is 4.98 Å². The standard InChI is InChI=1S/C24H33N3O/c1-2-3-8-18-12-14-19(15-13-18)24(28)26-21-10-5-4-9-20(21)22-17-27-16-7-6-11-23(27)25-22/h4-5,9-10,17-19H,2-3,6-8,11-16H2,1H3,(H,26,28). The second kappa shape index (κ2) is 8.93. The molecule has 4 rings (SSSR count). The van der Waals surface area contributed by atoms with E-state index in [2.05, 4.69) is 29.1 Å². The summed E-state index contributed by atoms with van der Waals surface area (Å²) >= 11 is 0. The van der Waals surface area contributed by atoms with Gasteiger partial charge in [-0.1, -0.05) is 44.4 Å². The number of nitrogens with zero attached hydrogens (tertiary/aromatic N) is 2. The van der Waals surface area contributed by atoms with Gasteiger partial charge in [-0.2, -0.15) is 0 Å². The molecule has 1 N–H and O–H groups in total. The third-order valence-corrected chi connectivity index (χ3v) is 6.55. The van der Waals surface area contributed by atoms with Crippen LogP contribution in [0.15, 0.2) is 30.5 Å². The number of para-hydroxylation sites is 1. The molecule has 1 aliphatic carbocycles. The number of imidazole rings is 1. The highest BCUT2D eigenvalue weighted by molar-refractivity contribution is 5.96. The highest BCUT2D eigenvalue weighted by Gasteiger charge is 2.26. The van der Waals surface area contributed by atoms with Crippen molar-refractivity contribution in [2.24, 2.45) is 11.8 Å². The fraction of sp³-hybridized carbons (Fsp3) is 0.583. The largest absolute Gasteiger partial charge is 0.334 e. The first kappa shape index (κ1) is 19.2. The third kappa shape index (κ3) is 4.31. The molecule has 2 aliphatic rings. The summed E-state index contributed by atoms with van der Waals surface area (Å²) in [4.78, 5) is 17.8. The van der Waals surface area contributed by atoms with E-state index in [1.165, 1.54) is 50.8 Å². The number of nitrogens with one attached hydrogen (secondary N) is 1. The smallest absolute Gasteiger partial charge is 0.227 e. The van der Waals surface area contributed by atoms with Crippen molar-refractivity contribution in [1.82, 2.24) is 9.55 Å². The summed E-state index contributed by atoms with van der Waals surface area (Å²) in [5, 5.41) is 3.23. The Bertz CT molecular complexity index is 778. The second-order valence-corrected chi connectivity index (χ2v) is 8.59. The second-order valence-electron chi connectivity index (χ2n) is 8.59. The first-order chi connectivity index (χ1) is 13.7. The van der Waals surface area contributed by atoms with Crippen LogP contribution in [0.3, 0.4) is 0 Å². The van der Waals surface area contributed by atoms with Gasteiger partial charge in [-0.15, -0.1) is 0 Å². The van der Waals surface area contributed by atoms with Gasteiger partial charge in [0, 0.05) is 30.6 Å². The Morgan fingerprint density at radius 3 is 2.79 bits per heavy atom. The molecule has 2 aromatic rings. The van der Waals surface area contributed by atoms with E-state index in [0.717, 1.165) is 48.7 Å². The summed E-state index contributed by atoms with van der Waals surface area (Å²) in [6.45, 7) is 3.31. The third-order valence-electron chi connectivity index (χ3n) is 6.55. The van der Waals surface area contributed by atoms with Crippen LogP contribution in [0.25, 0.3) is 11.3 Å². The molecule has 1 aromatic heterocycles. The summed E-state index contributed by atoms with van der Waals surface area (Å²) in [7, 11) is 0. The fourth-order valence-electron chi connectivity index (χ4n) is 4.80. The summed E-state index contributed by atoms with van der Waals surface area (Å²) in [6.07, 6.45) is 14.0. The highest BCUT2D eigenvalue weighted by atomic mass is 16.1. The summed E-state index contributed by atoms with van der Waals surface area (Å²) < 4.78 is 2.27. The first-order valence-electron chi connectivity index (χ1n) is 11.2. The number of anilines is 1. The van der Waals surface area contributed by atoms with Crippen molar-refractivity contribution >= 4 is 11.6 Å². The molecule has 0 saturated heterocycles. The molecule has 150 valence electrons. The Morgan fingerprint density at radius 2 is 2.00 bits per heavy atom. The van der Waals surface area contributed by atoms with Crippen LogP contribution in [0.1, 0.15) is 70.5 Å². The van der Waals surface area contributed by atoms with Crippen LogP contribution in [0, 0.1) is 11.8 Å². The number of amides is 1. The SMILES string of the molecule is CCCCC1CCC(C(=O)Nc2ccccc2-c2cn3c(n2)CCCC3)CC1. The molecule has 2 heterocycles. The minimum absolute atomic E-state index is 0.154. The molecule has 4 heteroatoms. The van der Waals surface area contributed by atoms with Gasteiger partial charge in [-0.3, -0.25) is 4.79 Å². The van der Waals surface area contributed by atoms with E-state index < -0.39 is 0 Å². The fourth-order valence-corrected chi connectivity index (χ4v) is 4.80. The molecule has 0 radical (unpaired) electrons. The predicted molar refractivity (Wildman–Crippen MR) is 114 cm³/mol. The average Bonchev–Trinajstić information content (AvgIpc) is 3.17. The van der Waals surface area contributed by atoms with Crippen molar-refractivity contribution in [1.29, 1.82) is 0 Å². The Labute approximate surface area is 168 Å². The molecule has 0 bridgehead atoms. The maximum absolute atomic E-state index is 12.9. The van der Waals surface area contributed by atoms with Gasteiger partial charge in [0.1, 0.15) is 5.82 Å². The molecule has 1 fully saturated rings. The summed E-state index contributed by atoms with van der Waals surface area (Å²) in [5.74, 6) is 2.34. The van der Waals surface area contributed by atoms with Crippen LogP contribution in [0.2, 0.25) is 0 Å². The van der Waals surface area contributed by atoms with E-state index in [1.807, 2.05) is 18.2 Å². The van der Waals surface area contributed by atoms with Crippen molar-refractivity contribution in [3.05, 3.63) is 36.3 Å². The number of hydrogen-bond acceptors (Lipinski definition) is 2. The number of carbonyl (C=O) groups excluding carboxylic acids is 1. The molecule has 0 atom stereocenters. The summed E-state index contributed by atoms with van der Waals surface area (Å²) in [5.41, 5.74) is 2.92. The molecule has 1 aromatic carbocycles. The molecule has 1 aliphatic heterocycles. The Morgan fingerprint density at radius 1 is 1.18 bits per heavy atom. The minimum atomic E-state index is 0.154. The zero-order valence-electron chi connectivity index (χ0n) is 17.1. The molecule has 4 nitrogen and oxygen atoms in total. The lowest BCUT2D eigenvalue weighted by atomic mass is 9.79. The zero-order valence-corrected chi connectivity index (χ0v) is 17.1.